The van der Waals surface area contributed by atoms with Gasteiger partial charge in [0.2, 0.25) is 0 Å². The molecule has 2 N–H and O–H groups in total. The molecule has 0 saturated heterocycles. The molecular formula is C23H34O3. The van der Waals surface area contributed by atoms with E-state index in [4.69, 9.17) is 4.74 Å². The second-order valence-electron chi connectivity index (χ2n) is 9.27. The average Bonchev–Trinajstić information content (AvgIpc) is 2.90. The zero-order valence-electron chi connectivity index (χ0n) is 16.5. The Kier molecular flexibility index (Phi) is 4.71. The zero-order valence-corrected chi connectivity index (χ0v) is 16.5. The van der Waals surface area contributed by atoms with Crippen LogP contribution in [0.25, 0.3) is 0 Å². The minimum atomic E-state index is -0.129. The number of unbranched alkanes of at least 4 members (excludes halogenated alkanes) is 1. The number of methoxy groups -OCH3 is 1. The molecule has 26 heavy (non-hydrogen) atoms. The lowest BCUT2D eigenvalue weighted by Crippen LogP contribution is -2.44. The van der Waals surface area contributed by atoms with E-state index in [-0.39, 0.29) is 17.3 Å². The molecule has 0 amide bonds. The Labute approximate surface area is 157 Å². The van der Waals surface area contributed by atoms with Crippen LogP contribution >= 0.6 is 0 Å². The topological polar surface area (TPSA) is 49.7 Å². The van der Waals surface area contributed by atoms with Crippen LogP contribution in [-0.2, 0) is 6.42 Å². The molecule has 0 spiro atoms. The summed E-state index contributed by atoms with van der Waals surface area (Å²) < 4.78 is 5.39. The summed E-state index contributed by atoms with van der Waals surface area (Å²) in [4.78, 5) is 0. The van der Waals surface area contributed by atoms with Gasteiger partial charge in [0.1, 0.15) is 0 Å². The van der Waals surface area contributed by atoms with Crippen molar-refractivity contribution in [2.75, 3.05) is 7.11 Å². The van der Waals surface area contributed by atoms with E-state index in [0.29, 0.717) is 29.4 Å². The van der Waals surface area contributed by atoms with Crippen LogP contribution in [0.2, 0.25) is 0 Å². The van der Waals surface area contributed by atoms with Gasteiger partial charge in [0.05, 0.1) is 13.2 Å². The van der Waals surface area contributed by atoms with Gasteiger partial charge in [-0.2, -0.15) is 0 Å². The number of phenolic OH excluding ortho intramolecular Hbond substituents is 1. The maximum absolute atomic E-state index is 11.1. The monoisotopic (exact) mass is 358 g/mol. The molecular weight excluding hydrogens is 324 g/mol. The largest absolute Gasteiger partial charge is 0.504 e. The van der Waals surface area contributed by atoms with E-state index in [1.54, 1.807) is 7.11 Å². The highest BCUT2D eigenvalue weighted by molar-refractivity contribution is 5.49. The van der Waals surface area contributed by atoms with E-state index in [2.05, 4.69) is 19.9 Å². The van der Waals surface area contributed by atoms with Gasteiger partial charge in [-0.25, -0.2) is 0 Å². The summed E-state index contributed by atoms with van der Waals surface area (Å²) in [5.74, 6) is 3.21. The van der Waals surface area contributed by atoms with Crippen LogP contribution in [-0.4, -0.2) is 23.4 Å². The van der Waals surface area contributed by atoms with Crippen molar-refractivity contribution in [1.29, 1.82) is 0 Å². The second kappa shape index (κ2) is 6.74. The molecule has 3 aliphatic carbocycles. The van der Waals surface area contributed by atoms with E-state index < -0.39 is 0 Å². The number of rotatable bonds is 4. The molecule has 0 unspecified atom stereocenters. The lowest BCUT2D eigenvalue weighted by molar-refractivity contribution is -0.0335. The van der Waals surface area contributed by atoms with Crippen molar-refractivity contribution in [1.82, 2.24) is 0 Å². The van der Waals surface area contributed by atoms with Crippen LogP contribution in [0, 0.1) is 23.2 Å². The summed E-state index contributed by atoms with van der Waals surface area (Å²) in [6.07, 6.45) is 9.19. The van der Waals surface area contributed by atoms with Gasteiger partial charge < -0.3 is 14.9 Å². The fraction of sp³-hybridized carbons (Fsp3) is 0.739. The summed E-state index contributed by atoms with van der Waals surface area (Å²) >= 11 is 0. The van der Waals surface area contributed by atoms with Gasteiger partial charge in [-0.3, -0.25) is 0 Å². The highest BCUT2D eigenvalue weighted by Crippen LogP contribution is 2.63. The Morgan fingerprint density at radius 2 is 2.08 bits per heavy atom. The first-order chi connectivity index (χ1) is 12.5. The van der Waals surface area contributed by atoms with Gasteiger partial charge in [-0.05, 0) is 90.9 Å². The van der Waals surface area contributed by atoms with Gasteiger partial charge in [0, 0.05) is 0 Å². The minimum absolute atomic E-state index is 0.0953. The molecule has 0 bridgehead atoms. The van der Waals surface area contributed by atoms with E-state index in [9.17, 15) is 10.2 Å². The van der Waals surface area contributed by atoms with Gasteiger partial charge in [-0.15, -0.1) is 0 Å². The number of fused-ring (bicyclic) bond motifs is 5. The molecule has 3 aliphatic rings. The minimum Gasteiger partial charge on any atom is -0.504 e. The molecule has 1 aromatic rings. The summed E-state index contributed by atoms with van der Waals surface area (Å²) in [6.45, 7) is 4.60. The molecule has 6 atom stereocenters. The standard InChI is InChI=1S/C23H34O3/c1-4-5-6-15-11-19-17-8-7-14-12-20(24)21(26-3)13-18(14)16(17)9-10-23(19,2)22(15)25/h12-13,15-17,19,22,24-25H,4-11H2,1-3H3/t15-,16+,17-,19+,22+,23+/m1/s1. The second-order valence-corrected chi connectivity index (χ2v) is 9.27. The van der Waals surface area contributed by atoms with Gasteiger partial charge in [0.25, 0.3) is 0 Å². The molecule has 3 heteroatoms. The first-order valence-corrected chi connectivity index (χ1v) is 10.6. The Bertz CT molecular complexity index is 670. The smallest absolute Gasteiger partial charge is 0.160 e. The number of hydrogen-bond acceptors (Lipinski definition) is 3. The number of aliphatic hydroxyl groups is 1. The molecule has 144 valence electrons. The Morgan fingerprint density at radius 1 is 1.27 bits per heavy atom. The van der Waals surface area contributed by atoms with Crippen molar-refractivity contribution >= 4 is 0 Å². The molecule has 2 saturated carbocycles. The number of aliphatic hydroxyl groups excluding tert-OH is 1. The Hall–Kier alpha value is -1.22. The van der Waals surface area contributed by atoms with Gasteiger partial charge in [-0.1, -0.05) is 26.7 Å². The van der Waals surface area contributed by atoms with Gasteiger partial charge in [0.15, 0.2) is 11.5 Å². The normalized spacial score (nSPS) is 38.4. The van der Waals surface area contributed by atoms with Crippen molar-refractivity contribution in [2.45, 2.75) is 77.2 Å². The Balaban J connectivity index is 1.63. The van der Waals surface area contributed by atoms with Crippen LogP contribution in [0.3, 0.4) is 0 Å². The zero-order chi connectivity index (χ0) is 18.5. The van der Waals surface area contributed by atoms with Gasteiger partial charge >= 0.3 is 0 Å². The quantitative estimate of drug-likeness (QED) is 0.793. The number of benzene rings is 1. The highest BCUT2D eigenvalue weighted by atomic mass is 16.5. The summed E-state index contributed by atoms with van der Waals surface area (Å²) in [7, 11) is 1.63. The predicted molar refractivity (Wildman–Crippen MR) is 104 cm³/mol. The van der Waals surface area contributed by atoms with Crippen molar-refractivity contribution in [3.05, 3.63) is 23.3 Å². The maximum Gasteiger partial charge on any atom is 0.160 e. The van der Waals surface area contributed by atoms with E-state index in [0.717, 1.165) is 19.3 Å². The number of ether oxygens (including phenoxy) is 1. The van der Waals surface area contributed by atoms with E-state index in [1.807, 2.05) is 6.07 Å². The third-order valence-corrected chi connectivity index (χ3v) is 8.07. The number of hydrogen-bond donors (Lipinski definition) is 2. The lowest BCUT2D eigenvalue weighted by atomic mass is 9.55. The fourth-order valence-corrected chi connectivity index (χ4v) is 6.65. The molecule has 0 heterocycles. The number of aromatic hydroxyl groups is 1. The van der Waals surface area contributed by atoms with Crippen LogP contribution in [0.4, 0.5) is 0 Å². The molecule has 0 aliphatic heterocycles. The summed E-state index contributed by atoms with van der Waals surface area (Å²) in [5, 5.41) is 21.3. The molecule has 3 nitrogen and oxygen atoms in total. The van der Waals surface area contributed by atoms with Crippen molar-refractivity contribution < 1.29 is 14.9 Å². The third-order valence-electron chi connectivity index (χ3n) is 8.07. The SMILES string of the molecule is CCCC[C@@H]1C[C@H]2[C@@H]3CCc4cc(O)c(OC)cc4[C@H]3CC[C@]2(C)[C@H]1O. The molecule has 2 fully saturated rings. The average molecular weight is 359 g/mol. The van der Waals surface area contributed by atoms with E-state index in [1.165, 1.54) is 43.2 Å². The molecule has 1 aromatic carbocycles. The number of aryl methyl sites for hydroxylation is 1. The summed E-state index contributed by atoms with van der Waals surface area (Å²) in [5.41, 5.74) is 2.79. The predicted octanol–water partition coefficient (Wildman–Crippen LogP) is 5.03. The molecule has 4 rings (SSSR count). The van der Waals surface area contributed by atoms with Crippen molar-refractivity contribution in [2.24, 2.45) is 23.2 Å². The van der Waals surface area contributed by atoms with Crippen LogP contribution in [0.5, 0.6) is 11.5 Å². The highest BCUT2D eigenvalue weighted by Gasteiger charge is 2.57. The van der Waals surface area contributed by atoms with Crippen LogP contribution < -0.4 is 4.74 Å². The molecule has 0 radical (unpaired) electrons. The third kappa shape index (κ3) is 2.66. The van der Waals surface area contributed by atoms with E-state index >= 15 is 0 Å². The first kappa shape index (κ1) is 18.2. The Morgan fingerprint density at radius 3 is 2.81 bits per heavy atom. The summed E-state index contributed by atoms with van der Waals surface area (Å²) in [6, 6.07) is 4.01. The fourth-order valence-electron chi connectivity index (χ4n) is 6.65. The maximum atomic E-state index is 11.1. The number of phenols is 1. The van der Waals surface area contributed by atoms with Crippen LogP contribution in [0.15, 0.2) is 12.1 Å². The molecule has 0 aromatic heterocycles. The van der Waals surface area contributed by atoms with Crippen molar-refractivity contribution in [3.8, 4) is 11.5 Å². The first-order valence-electron chi connectivity index (χ1n) is 10.6. The van der Waals surface area contributed by atoms with Crippen molar-refractivity contribution in [3.63, 3.8) is 0 Å². The lowest BCUT2D eigenvalue weighted by Gasteiger charge is -2.50. The van der Waals surface area contributed by atoms with Crippen LogP contribution in [0.1, 0.15) is 75.8 Å².